The monoisotopic (exact) mass is 449 g/mol. The van der Waals surface area contributed by atoms with Crippen LogP contribution >= 0.6 is 0 Å². The number of rotatable bonds is 9. The summed E-state index contributed by atoms with van der Waals surface area (Å²) in [6.07, 6.45) is 3.93. The van der Waals surface area contributed by atoms with Crippen LogP contribution in [0.3, 0.4) is 0 Å². The largest absolute Gasteiger partial charge is 0.383 e. The summed E-state index contributed by atoms with van der Waals surface area (Å²) in [4.78, 5) is 30.5. The minimum Gasteiger partial charge on any atom is -0.383 e. The summed E-state index contributed by atoms with van der Waals surface area (Å²) in [5.74, 6) is -0.164. The number of aromatic nitrogens is 2. The Morgan fingerprint density at radius 1 is 1.34 bits per heavy atom. The second-order valence-corrected chi connectivity index (χ2v) is 9.98. The van der Waals surface area contributed by atoms with Gasteiger partial charge in [-0.05, 0) is 26.7 Å². The number of amides is 2. The van der Waals surface area contributed by atoms with Crippen LogP contribution in [-0.2, 0) is 25.6 Å². The summed E-state index contributed by atoms with van der Waals surface area (Å²) in [6.45, 7) is 14.3. The van der Waals surface area contributed by atoms with Crippen LogP contribution in [0.5, 0.6) is 0 Å². The molecule has 0 radical (unpaired) electrons. The van der Waals surface area contributed by atoms with Crippen molar-refractivity contribution in [1.82, 2.24) is 24.9 Å². The number of ether oxygens (including phenoxy) is 2. The van der Waals surface area contributed by atoms with E-state index in [1.165, 1.54) is 0 Å². The van der Waals surface area contributed by atoms with Crippen LogP contribution in [0.4, 0.5) is 0 Å². The number of morpholine rings is 1. The molecular weight excluding hydrogens is 410 g/mol. The average molecular weight is 450 g/mol. The van der Waals surface area contributed by atoms with Crippen molar-refractivity contribution in [3.8, 4) is 0 Å². The summed E-state index contributed by atoms with van der Waals surface area (Å²) < 4.78 is 12.4. The molecule has 2 fully saturated rings. The molecule has 0 aromatic carbocycles. The zero-order chi connectivity index (χ0) is 23.3. The van der Waals surface area contributed by atoms with E-state index in [1.54, 1.807) is 13.3 Å². The SMILES string of the molecule is COCCn1cc([C@@H]2[C@H](C(=O)NC[C@@H](C)CN3CCOCC3)CC(=O)N2C(C)(C)C)cn1. The molecule has 0 bridgehead atoms. The molecule has 0 spiro atoms. The minimum absolute atomic E-state index is 0.00802. The zero-order valence-electron chi connectivity index (χ0n) is 20.2. The predicted molar refractivity (Wildman–Crippen MR) is 121 cm³/mol. The Hall–Kier alpha value is -1.97. The third kappa shape index (κ3) is 6.08. The van der Waals surface area contributed by atoms with Crippen molar-refractivity contribution < 1.29 is 19.1 Å². The first-order valence-corrected chi connectivity index (χ1v) is 11.6. The smallest absolute Gasteiger partial charge is 0.226 e. The molecule has 9 nitrogen and oxygen atoms in total. The molecule has 1 aromatic heterocycles. The first-order chi connectivity index (χ1) is 15.2. The molecule has 2 saturated heterocycles. The van der Waals surface area contributed by atoms with E-state index < -0.39 is 11.5 Å². The van der Waals surface area contributed by atoms with Gasteiger partial charge >= 0.3 is 0 Å². The molecule has 0 saturated carbocycles. The van der Waals surface area contributed by atoms with Gasteiger partial charge in [-0.25, -0.2) is 0 Å². The Morgan fingerprint density at radius 2 is 2.06 bits per heavy atom. The fraction of sp³-hybridized carbons (Fsp3) is 0.783. The molecule has 32 heavy (non-hydrogen) atoms. The highest BCUT2D eigenvalue weighted by Gasteiger charge is 2.48. The van der Waals surface area contributed by atoms with Crippen LogP contribution < -0.4 is 5.32 Å². The Bertz CT molecular complexity index is 769. The van der Waals surface area contributed by atoms with Gasteiger partial charge in [-0.15, -0.1) is 0 Å². The zero-order valence-corrected chi connectivity index (χ0v) is 20.2. The lowest BCUT2D eigenvalue weighted by Gasteiger charge is -2.38. The van der Waals surface area contributed by atoms with E-state index in [2.05, 4.69) is 22.2 Å². The van der Waals surface area contributed by atoms with Gasteiger partial charge in [0.25, 0.3) is 0 Å². The molecule has 0 unspecified atom stereocenters. The molecule has 1 N–H and O–H groups in total. The number of hydrogen-bond donors (Lipinski definition) is 1. The third-order valence-corrected chi connectivity index (χ3v) is 6.20. The molecular formula is C23H39N5O4. The van der Waals surface area contributed by atoms with Gasteiger partial charge in [0.2, 0.25) is 11.8 Å². The molecule has 1 aromatic rings. The van der Waals surface area contributed by atoms with Crippen molar-refractivity contribution in [2.24, 2.45) is 11.8 Å². The topological polar surface area (TPSA) is 88.9 Å². The van der Waals surface area contributed by atoms with E-state index in [1.807, 2.05) is 36.5 Å². The van der Waals surface area contributed by atoms with Gasteiger partial charge in [-0.3, -0.25) is 19.2 Å². The van der Waals surface area contributed by atoms with Crippen LogP contribution in [0.25, 0.3) is 0 Å². The normalized spacial score (nSPS) is 23.5. The summed E-state index contributed by atoms with van der Waals surface area (Å²) in [7, 11) is 1.65. The van der Waals surface area contributed by atoms with Gasteiger partial charge in [0.1, 0.15) is 0 Å². The van der Waals surface area contributed by atoms with Gasteiger partial charge < -0.3 is 19.7 Å². The highest BCUT2D eigenvalue weighted by Crippen LogP contribution is 2.42. The third-order valence-electron chi connectivity index (χ3n) is 6.20. The molecule has 180 valence electrons. The number of nitrogens with one attached hydrogen (secondary N) is 1. The summed E-state index contributed by atoms with van der Waals surface area (Å²) >= 11 is 0. The van der Waals surface area contributed by atoms with Crippen LogP contribution in [-0.4, -0.2) is 90.0 Å². The molecule has 9 heteroatoms. The van der Waals surface area contributed by atoms with E-state index >= 15 is 0 Å². The highest BCUT2D eigenvalue weighted by molar-refractivity contribution is 5.90. The van der Waals surface area contributed by atoms with Crippen LogP contribution in [0.1, 0.15) is 45.7 Å². The van der Waals surface area contributed by atoms with Crippen molar-refractivity contribution in [1.29, 1.82) is 0 Å². The molecule has 0 aliphatic carbocycles. The van der Waals surface area contributed by atoms with Crippen molar-refractivity contribution in [2.45, 2.75) is 52.2 Å². The standard InChI is InChI=1S/C23H39N5O4/c1-17(15-26-6-10-32-11-7-26)13-24-22(30)19-12-20(29)28(23(2,3)4)21(19)18-14-25-27(16-18)8-9-31-5/h14,16-17,19,21H,6-13,15H2,1-5H3,(H,24,30)/t17-,19-,21-/m1/s1. The first kappa shape index (κ1) is 24.7. The van der Waals surface area contributed by atoms with Crippen molar-refractivity contribution >= 4 is 11.8 Å². The quantitative estimate of drug-likeness (QED) is 0.611. The lowest BCUT2D eigenvalue weighted by atomic mass is 9.92. The van der Waals surface area contributed by atoms with E-state index in [4.69, 9.17) is 9.47 Å². The predicted octanol–water partition coefficient (Wildman–Crippen LogP) is 1.30. The number of likely N-dealkylation sites (tertiary alicyclic amines) is 1. The fourth-order valence-electron chi connectivity index (χ4n) is 4.68. The second kappa shape index (κ2) is 10.8. The number of hydrogen-bond acceptors (Lipinski definition) is 6. The summed E-state index contributed by atoms with van der Waals surface area (Å²) in [6, 6.07) is -0.326. The van der Waals surface area contributed by atoms with Crippen molar-refractivity contribution in [3.05, 3.63) is 18.0 Å². The first-order valence-electron chi connectivity index (χ1n) is 11.6. The Labute approximate surface area is 191 Å². The molecule has 3 heterocycles. The van der Waals surface area contributed by atoms with E-state index in [0.29, 0.717) is 25.6 Å². The maximum absolute atomic E-state index is 13.3. The molecule has 3 atom stereocenters. The molecule has 3 rings (SSSR count). The Kier molecular flexibility index (Phi) is 8.30. The molecule has 2 aliphatic rings. The highest BCUT2D eigenvalue weighted by atomic mass is 16.5. The molecule has 2 aliphatic heterocycles. The second-order valence-electron chi connectivity index (χ2n) is 9.98. The van der Waals surface area contributed by atoms with Gasteiger partial charge in [0.15, 0.2) is 0 Å². The van der Waals surface area contributed by atoms with Gasteiger partial charge in [-0.1, -0.05) is 6.92 Å². The van der Waals surface area contributed by atoms with E-state index in [0.717, 1.165) is 38.4 Å². The number of carbonyl (C=O) groups is 2. The fourth-order valence-corrected chi connectivity index (χ4v) is 4.68. The van der Waals surface area contributed by atoms with E-state index in [9.17, 15) is 9.59 Å². The van der Waals surface area contributed by atoms with Gasteiger partial charge in [0, 0.05) is 57.0 Å². The minimum atomic E-state index is -0.433. The van der Waals surface area contributed by atoms with Crippen LogP contribution in [0.2, 0.25) is 0 Å². The maximum Gasteiger partial charge on any atom is 0.226 e. The lowest BCUT2D eigenvalue weighted by Crippen LogP contribution is -2.46. The lowest BCUT2D eigenvalue weighted by molar-refractivity contribution is -0.133. The Balaban J connectivity index is 1.69. The Morgan fingerprint density at radius 3 is 2.72 bits per heavy atom. The molecule has 2 amide bonds. The van der Waals surface area contributed by atoms with E-state index in [-0.39, 0.29) is 24.3 Å². The van der Waals surface area contributed by atoms with Gasteiger partial charge in [0.05, 0.1) is 44.5 Å². The summed E-state index contributed by atoms with van der Waals surface area (Å²) in [5, 5.41) is 7.55. The number of carbonyl (C=O) groups excluding carboxylic acids is 2. The van der Waals surface area contributed by atoms with Crippen LogP contribution in [0, 0.1) is 11.8 Å². The average Bonchev–Trinajstić information content (AvgIpc) is 3.35. The maximum atomic E-state index is 13.3. The number of nitrogens with zero attached hydrogens (tertiary/aromatic N) is 4. The van der Waals surface area contributed by atoms with Crippen molar-refractivity contribution in [2.75, 3.05) is 53.1 Å². The summed E-state index contributed by atoms with van der Waals surface area (Å²) in [5.41, 5.74) is 0.498. The van der Waals surface area contributed by atoms with Gasteiger partial charge in [-0.2, -0.15) is 5.10 Å². The van der Waals surface area contributed by atoms with Crippen LogP contribution in [0.15, 0.2) is 12.4 Å². The van der Waals surface area contributed by atoms with Crippen molar-refractivity contribution in [3.63, 3.8) is 0 Å². The number of methoxy groups -OCH3 is 1.